The van der Waals surface area contributed by atoms with Crippen LogP contribution in [-0.2, 0) is 19.0 Å². The summed E-state index contributed by atoms with van der Waals surface area (Å²) >= 11 is 0. The van der Waals surface area contributed by atoms with Crippen LogP contribution in [0.2, 0.25) is 0 Å². The molecule has 0 aromatic heterocycles. The number of rotatable bonds is 5. The predicted octanol–water partition coefficient (Wildman–Crippen LogP) is 4.59. The quantitative estimate of drug-likeness (QED) is 0.757. The maximum absolute atomic E-state index is 12.5. The van der Waals surface area contributed by atoms with Crippen molar-refractivity contribution in [2.24, 2.45) is 0 Å². The highest BCUT2D eigenvalue weighted by molar-refractivity contribution is 5.97. The zero-order chi connectivity index (χ0) is 16.9. The molecule has 2 aromatic rings. The average Bonchev–Trinajstić information content (AvgIpc) is 2.53. The van der Waals surface area contributed by atoms with Crippen molar-refractivity contribution < 1.29 is 18.0 Å². The van der Waals surface area contributed by atoms with Crippen molar-refractivity contribution in [1.29, 1.82) is 5.26 Å². The molecule has 0 heterocycles. The summed E-state index contributed by atoms with van der Waals surface area (Å²) in [7, 11) is 0. The minimum atomic E-state index is -4.32. The van der Waals surface area contributed by atoms with Crippen molar-refractivity contribution >= 4 is 5.78 Å². The third kappa shape index (κ3) is 4.68. The second-order valence-electron chi connectivity index (χ2n) is 5.15. The Bertz CT molecular complexity index is 710. The fraction of sp³-hybridized carbons (Fsp3) is 0.222. The molecule has 2 nitrogen and oxygen atoms in total. The van der Waals surface area contributed by atoms with Crippen LogP contribution in [0, 0.1) is 11.3 Å². The fourth-order valence-corrected chi connectivity index (χ4v) is 2.18. The Morgan fingerprint density at radius 1 is 0.913 bits per heavy atom. The van der Waals surface area contributed by atoms with Gasteiger partial charge in [-0.1, -0.05) is 36.4 Å². The van der Waals surface area contributed by atoms with E-state index >= 15 is 0 Å². The maximum atomic E-state index is 12.5. The van der Waals surface area contributed by atoms with E-state index in [4.69, 9.17) is 5.26 Å². The first-order valence-electron chi connectivity index (χ1n) is 7.05. The standard InChI is InChI=1S/C18H14F3NO/c19-18(20,21)16-9-5-14(6-10-16)2-1-13-3-7-15(8-4-13)17(23)11-12-22/h3-10H,1-2,11H2. The van der Waals surface area contributed by atoms with E-state index in [2.05, 4.69) is 0 Å². The molecule has 0 bridgehead atoms. The number of carbonyl (C=O) groups is 1. The Balaban J connectivity index is 1.96. The number of Topliss-reactive ketones (excluding diaryl/α,β-unsaturated/α-hetero) is 1. The molecule has 0 saturated carbocycles. The molecule has 23 heavy (non-hydrogen) atoms. The van der Waals surface area contributed by atoms with E-state index in [1.807, 2.05) is 6.07 Å². The Kier molecular flexibility index (Phi) is 5.17. The molecular formula is C18H14F3NO. The lowest BCUT2D eigenvalue weighted by Crippen LogP contribution is -2.04. The second-order valence-corrected chi connectivity index (χ2v) is 5.15. The first-order chi connectivity index (χ1) is 10.9. The van der Waals surface area contributed by atoms with Gasteiger partial charge in [0.05, 0.1) is 18.1 Å². The Labute approximate surface area is 132 Å². The molecule has 0 saturated heterocycles. The highest BCUT2D eigenvalue weighted by Gasteiger charge is 2.29. The molecular weight excluding hydrogens is 303 g/mol. The second kappa shape index (κ2) is 7.10. The van der Waals surface area contributed by atoms with Crippen LogP contribution in [0.3, 0.4) is 0 Å². The molecule has 0 amide bonds. The zero-order valence-corrected chi connectivity index (χ0v) is 12.2. The molecule has 5 heteroatoms. The minimum absolute atomic E-state index is 0.148. The fourth-order valence-electron chi connectivity index (χ4n) is 2.18. The van der Waals surface area contributed by atoms with Crippen LogP contribution in [-0.4, -0.2) is 5.78 Å². The van der Waals surface area contributed by atoms with Gasteiger partial charge in [0.25, 0.3) is 0 Å². The molecule has 0 unspecified atom stereocenters. The molecule has 0 aliphatic carbocycles. The van der Waals surface area contributed by atoms with Crippen molar-refractivity contribution in [3.05, 3.63) is 70.8 Å². The number of nitriles is 1. The number of nitrogens with zero attached hydrogens (tertiary/aromatic N) is 1. The van der Waals surface area contributed by atoms with Gasteiger partial charge in [-0.25, -0.2) is 0 Å². The van der Waals surface area contributed by atoms with E-state index in [0.717, 1.165) is 23.3 Å². The molecule has 0 fully saturated rings. The molecule has 2 aromatic carbocycles. The molecule has 0 spiro atoms. The van der Waals surface area contributed by atoms with Gasteiger partial charge < -0.3 is 0 Å². The minimum Gasteiger partial charge on any atom is -0.293 e. The van der Waals surface area contributed by atoms with Gasteiger partial charge in [-0.05, 0) is 36.1 Å². The normalized spacial score (nSPS) is 11.0. The SMILES string of the molecule is N#CCC(=O)c1ccc(CCc2ccc(C(F)(F)F)cc2)cc1. The van der Waals surface area contributed by atoms with Gasteiger partial charge in [0.2, 0.25) is 0 Å². The number of halogens is 3. The number of carbonyl (C=O) groups excluding carboxylic acids is 1. The Morgan fingerprint density at radius 3 is 1.83 bits per heavy atom. The van der Waals surface area contributed by atoms with Crippen LogP contribution in [0.1, 0.15) is 33.5 Å². The first kappa shape index (κ1) is 16.8. The van der Waals surface area contributed by atoms with Gasteiger partial charge >= 0.3 is 6.18 Å². The lowest BCUT2D eigenvalue weighted by molar-refractivity contribution is -0.137. The smallest absolute Gasteiger partial charge is 0.293 e. The number of aryl methyl sites for hydroxylation is 2. The summed E-state index contributed by atoms with van der Waals surface area (Å²) < 4.78 is 37.4. The van der Waals surface area contributed by atoms with E-state index < -0.39 is 11.7 Å². The van der Waals surface area contributed by atoms with Crippen LogP contribution in [0.15, 0.2) is 48.5 Å². The third-order valence-electron chi connectivity index (χ3n) is 3.50. The van der Waals surface area contributed by atoms with Crippen LogP contribution in [0.5, 0.6) is 0 Å². The molecule has 0 radical (unpaired) electrons. The lowest BCUT2D eigenvalue weighted by atomic mass is 10.0. The van der Waals surface area contributed by atoms with E-state index in [1.165, 1.54) is 12.1 Å². The molecule has 0 atom stereocenters. The van der Waals surface area contributed by atoms with Crippen LogP contribution >= 0.6 is 0 Å². The first-order valence-corrected chi connectivity index (χ1v) is 7.05. The highest BCUT2D eigenvalue weighted by atomic mass is 19.4. The van der Waals surface area contributed by atoms with E-state index in [0.29, 0.717) is 18.4 Å². The summed E-state index contributed by atoms with van der Waals surface area (Å²) in [4.78, 5) is 11.5. The van der Waals surface area contributed by atoms with Crippen molar-refractivity contribution in [3.63, 3.8) is 0 Å². The topological polar surface area (TPSA) is 40.9 Å². The Hall–Kier alpha value is -2.61. The van der Waals surface area contributed by atoms with Crippen molar-refractivity contribution in [3.8, 4) is 6.07 Å². The van der Waals surface area contributed by atoms with E-state index in [1.54, 1.807) is 24.3 Å². The molecule has 0 N–H and O–H groups in total. The summed E-state index contributed by atoms with van der Waals surface area (Å²) in [5.74, 6) is -0.221. The lowest BCUT2D eigenvalue weighted by Gasteiger charge is -2.08. The Morgan fingerprint density at radius 2 is 1.39 bits per heavy atom. The maximum Gasteiger partial charge on any atom is 0.416 e. The molecule has 2 rings (SSSR count). The molecule has 0 aliphatic rings. The highest BCUT2D eigenvalue weighted by Crippen LogP contribution is 2.29. The number of hydrogen-bond donors (Lipinski definition) is 0. The molecule has 118 valence electrons. The van der Waals surface area contributed by atoms with Crippen molar-refractivity contribution in [2.45, 2.75) is 25.4 Å². The third-order valence-corrected chi connectivity index (χ3v) is 3.50. The van der Waals surface area contributed by atoms with E-state index in [9.17, 15) is 18.0 Å². The van der Waals surface area contributed by atoms with Gasteiger partial charge in [-0.15, -0.1) is 0 Å². The van der Waals surface area contributed by atoms with Crippen LogP contribution in [0.25, 0.3) is 0 Å². The summed E-state index contributed by atoms with van der Waals surface area (Å²) in [6.07, 6.45) is -3.18. The predicted molar refractivity (Wildman–Crippen MR) is 79.9 cm³/mol. The van der Waals surface area contributed by atoms with Gasteiger partial charge in [-0.2, -0.15) is 18.4 Å². The van der Waals surface area contributed by atoms with Crippen LogP contribution < -0.4 is 0 Å². The van der Waals surface area contributed by atoms with Crippen molar-refractivity contribution in [1.82, 2.24) is 0 Å². The number of benzene rings is 2. The van der Waals surface area contributed by atoms with Crippen molar-refractivity contribution in [2.75, 3.05) is 0 Å². The van der Waals surface area contributed by atoms with E-state index in [-0.39, 0.29) is 12.2 Å². The summed E-state index contributed by atoms with van der Waals surface area (Å²) in [5.41, 5.74) is 1.65. The average molecular weight is 317 g/mol. The van der Waals surface area contributed by atoms with Gasteiger partial charge in [0, 0.05) is 5.56 Å². The monoisotopic (exact) mass is 317 g/mol. The van der Waals surface area contributed by atoms with Gasteiger partial charge in [-0.3, -0.25) is 4.79 Å². The number of ketones is 1. The summed E-state index contributed by atoms with van der Waals surface area (Å²) in [6, 6.07) is 13.9. The largest absolute Gasteiger partial charge is 0.416 e. The van der Waals surface area contributed by atoms with Gasteiger partial charge in [0.15, 0.2) is 5.78 Å². The van der Waals surface area contributed by atoms with Crippen LogP contribution in [0.4, 0.5) is 13.2 Å². The summed E-state index contributed by atoms with van der Waals surface area (Å²) in [5, 5.41) is 8.49. The number of alkyl halides is 3. The summed E-state index contributed by atoms with van der Waals surface area (Å²) in [6.45, 7) is 0. The zero-order valence-electron chi connectivity index (χ0n) is 12.2. The molecule has 0 aliphatic heterocycles. The van der Waals surface area contributed by atoms with Gasteiger partial charge in [0.1, 0.15) is 0 Å². The number of hydrogen-bond acceptors (Lipinski definition) is 2.